The Morgan fingerprint density at radius 3 is 2.70 bits per heavy atom. The first-order valence-corrected chi connectivity index (χ1v) is 7.64. The van der Waals surface area contributed by atoms with Crippen LogP contribution >= 0.6 is 11.6 Å². The fourth-order valence-electron chi connectivity index (χ4n) is 2.28. The lowest BCUT2D eigenvalue weighted by molar-refractivity contribution is -0.116. The number of nitrogens with zero attached hydrogens (tertiary/aromatic N) is 1. The molecule has 23 heavy (non-hydrogen) atoms. The molecule has 0 aliphatic carbocycles. The molecule has 0 saturated heterocycles. The topological polar surface area (TPSA) is 42.0 Å². The van der Waals surface area contributed by atoms with Gasteiger partial charge in [-0.15, -0.1) is 0 Å². The van der Waals surface area contributed by atoms with Crippen molar-refractivity contribution in [2.45, 2.75) is 6.54 Å². The zero-order chi connectivity index (χ0) is 16.1. The second-order valence-electron chi connectivity index (χ2n) is 5.09. The number of amides is 1. The van der Waals surface area contributed by atoms with Gasteiger partial charge in [0, 0.05) is 29.2 Å². The molecule has 0 unspecified atom stereocenters. The maximum absolute atomic E-state index is 12.0. The summed E-state index contributed by atoms with van der Waals surface area (Å²) < 4.78 is 0. The molecule has 114 valence electrons. The Hall–Kier alpha value is -2.65. The number of nitrogens with one attached hydrogen (secondary N) is 1. The van der Waals surface area contributed by atoms with E-state index in [9.17, 15) is 4.79 Å². The largest absolute Gasteiger partial charge is 0.348 e. The number of hydrogen-bond acceptors (Lipinski definition) is 2. The molecule has 0 radical (unpaired) electrons. The van der Waals surface area contributed by atoms with Crippen LogP contribution in [0.3, 0.4) is 0 Å². The molecule has 4 heteroatoms. The fraction of sp³-hybridized carbons (Fsp3) is 0.0526. The van der Waals surface area contributed by atoms with Crippen LogP contribution in [0.2, 0.25) is 5.02 Å². The molecule has 2 aromatic carbocycles. The minimum absolute atomic E-state index is 0.138. The van der Waals surface area contributed by atoms with Crippen molar-refractivity contribution in [1.82, 2.24) is 10.3 Å². The molecule has 0 atom stereocenters. The summed E-state index contributed by atoms with van der Waals surface area (Å²) in [5.74, 6) is -0.138. The lowest BCUT2D eigenvalue weighted by Crippen LogP contribution is -2.20. The van der Waals surface area contributed by atoms with Gasteiger partial charge in [-0.2, -0.15) is 0 Å². The smallest absolute Gasteiger partial charge is 0.244 e. The predicted octanol–water partition coefficient (Wildman–Crippen LogP) is 4.22. The number of halogens is 1. The molecule has 0 aliphatic rings. The van der Waals surface area contributed by atoms with Crippen LogP contribution in [0.1, 0.15) is 11.1 Å². The third-order valence-electron chi connectivity index (χ3n) is 3.48. The van der Waals surface area contributed by atoms with Crippen LogP contribution in [0, 0.1) is 0 Å². The summed E-state index contributed by atoms with van der Waals surface area (Å²) in [5.41, 5.74) is 2.89. The summed E-state index contributed by atoms with van der Waals surface area (Å²) in [4.78, 5) is 16.3. The molecule has 1 N–H and O–H groups in total. The minimum Gasteiger partial charge on any atom is -0.348 e. The third kappa shape index (κ3) is 3.96. The van der Waals surface area contributed by atoms with Crippen LogP contribution in [0.25, 0.3) is 17.0 Å². The van der Waals surface area contributed by atoms with Gasteiger partial charge in [0.2, 0.25) is 5.91 Å². The molecule has 3 nitrogen and oxygen atoms in total. The van der Waals surface area contributed by atoms with Crippen molar-refractivity contribution in [3.8, 4) is 0 Å². The summed E-state index contributed by atoms with van der Waals surface area (Å²) in [6, 6.07) is 17.1. The van der Waals surface area contributed by atoms with E-state index in [2.05, 4.69) is 10.3 Å². The highest BCUT2D eigenvalue weighted by molar-refractivity contribution is 6.30. The summed E-state index contributed by atoms with van der Waals surface area (Å²) in [5, 5.41) is 4.56. The van der Waals surface area contributed by atoms with E-state index < -0.39 is 0 Å². The molecule has 0 fully saturated rings. The Morgan fingerprint density at radius 2 is 1.87 bits per heavy atom. The zero-order valence-corrected chi connectivity index (χ0v) is 13.1. The monoisotopic (exact) mass is 322 g/mol. The van der Waals surface area contributed by atoms with Crippen LogP contribution in [0.5, 0.6) is 0 Å². The summed E-state index contributed by atoms with van der Waals surface area (Å²) in [6.07, 6.45) is 5.09. The number of hydrogen-bond donors (Lipinski definition) is 1. The van der Waals surface area contributed by atoms with Gasteiger partial charge in [-0.3, -0.25) is 9.78 Å². The van der Waals surface area contributed by atoms with Crippen LogP contribution in [-0.4, -0.2) is 10.9 Å². The molecule has 0 bridgehead atoms. The van der Waals surface area contributed by atoms with Gasteiger partial charge in [0.1, 0.15) is 0 Å². The number of carbonyl (C=O) groups is 1. The predicted molar refractivity (Wildman–Crippen MR) is 94.1 cm³/mol. The van der Waals surface area contributed by atoms with Gasteiger partial charge in [-0.25, -0.2) is 0 Å². The normalized spacial score (nSPS) is 11.0. The fourth-order valence-corrected chi connectivity index (χ4v) is 2.41. The number of para-hydroxylation sites is 1. The van der Waals surface area contributed by atoms with Gasteiger partial charge in [-0.1, -0.05) is 41.9 Å². The van der Waals surface area contributed by atoms with E-state index >= 15 is 0 Å². The number of rotatable bonds is 4. The van der Waals surface area contributed by atoms with Crippen LogP contribution in [-0.2, 0) is 11.3 Å². The Bertz CT molecular complexity index is 851. The summed E-state index contributed by atoms with van der Waals surface area (Å²) in [7, 11) is 0. The van der Waals surface area contributed by atoms with E-state index in [1.165, 1.54) is 6.08 Å². The molecule has 3 aromatic rings. The highest BCUT2D eigenvalue weighted by Gasteiger charge is 2.00. The van der Waals surface area contributed by atoms with Gasteiger partial charge >= 0.3 is 0 Å². The van der Waals surface area contributed by atoms with E-state index in [4.69, 9.17) is 11.6 Å². The molecule has 0 saturated carbocycles. The second kappa shape index (κ2) is 7.07. The van der Waals surface area contributed by atoms with Crippen LogP contribution < -0.4 is 5.32 Å². The number of aromatic nitrogens is 1. The molecule has 0 spiro atoms. The second-order valence-corrected chi connectivity index (χ2v) is 5.53. The molecule has 0 aliphatic heterocycles. The maximum Gasteiger partial charge on any atom is 0.244 e. The van der Waals surface area contributed by atoms with Crippen molar-refractivity contribution in [3.05, 3.63) is 83.0 Å². The lowest BCUT2D eigenvalue weighted by atomic mass is 10.1. The highest BCUT2D eigenvalue weighted by atomic mass is 35.5. The van der Waals surface area contributed by atoms with Crippen molar-refractivity contribution < 1.29 is 4.79 Å². The van der Waals surface area contributed by atoms with E-state index in [0.717, 1.165) is 22.0 Å². The molecule has 3 rings (SSSR count). The standard InChI is InChI=1S/C19H15ClN2O/c20-16-8-5-14(6-9-16)13-22-19(23)10-7-15-11-12-21-18-4-2-1-3-17(15)18/h1-12H,13H2,(H,22,23)/b10-7+. The third-order valence-corrected chi connectivity index (χ3v) is 3.73. The number of carbonyl (C=O) groups excluding carboxylic acids is 1. The first-order chi connectivity index (χ1) is 11.2. The molecular weight excluding hydrogens is 308 g/mol. The summed E-state index contributed by atoms with van der Waals surface area (Å²) >= 11 is 5.84. The van der Waals surface area contributed by atoms with Crippen molar-refractivity contribution in [2.24, 2.45) is 0 Å². The minimum atomic E-state index is -0.138. The number of fused-ring (bicyclic) bond motifs is 1. The van der Waals surface area contributed by atoms with Gasteiger partial charge in [0.25, 0.3) is 0 Å². The van der Waals surface area contributed by atoms with E-state index in [1.54, 1.807) is 12.3 Å². The Morgan fingerprint density at radius 1 is 1.09 bits per heavy atom. The number of benzene rings is 2. The Kier molecular flexibility index (Phi) is 4.69. The van der Waals surface area contributed by atoms with Crippen molar-refractivity contribution in [3.63, 3.8) is 0 Å². The van der Waals surface area contributed by atoms with E-state index in [1.807, 2.05) is 54.6 Å². The van der Waals surface area contributed by atoms with E-state index in [0.29, 0.717) is 11.6 Å². The van der Waals surface area contributed by atoms with Crippen LogP contribution in [0.4, 0.5) is 0 Å². The molecule has 1 heterocycles. The SMILES string of the molecule is O=C(/C=C/c1ccnc2ccccc12)NCc1ccc(Cl)cc1. The molecular formula is C19H15ClN2O. The van der Waals surface area contributed by atoms with Gasteiger partial charge in [0.15, 0.2) is 0 Å². The van der Waals surface area contributed by atoms with Gasteiger partial charge in [-0.05, 0) is 41.5 Å². The zero-order valence-electron chi connectivity index (χ0n) is 12.4. The lowest BCUT2D eigenvalue weighted by Gasteiger charge is -2.03. The van der Waals surface area contributed by atoms with E-state index in [-0.39, 0.29) is 5.91 Å². The van der Waals surface area contributed by atoms with Crippen molar-refractivity contribution in [2.75, 3.05) is 0 Å². The van der Waals surface area contributed by atoms with Gasteiger partial charge < -0.3 is 5.32 Å². The van der Waals surface area contributed by atoms with Gasteiger partial charge in [0.05, 0.1) is 5.52 Å². The Labute approximate surface area is 139 Å². The highest BCUT2D eigenvalue weighted by Crippen LogP contribution is 2.17. The maximum atomic E-state index is 12.0. The first kappa shape index (κ1) is 15.3. The number of pyridine rings is 1. The van der Waals surface area contributed by atoms with Crippen molar-refractivity contribution in [1.29, 1.82) is 0 Å². The van der Waals surface area contributed by atoms with Crippen molar-refractivity contribution >= 4 is 34.5 Å². The molecule has 1 amide bonds. The quantitative estimate of drug-likeness (QED) is 0.731. The average molecular weight is 323 g/mol. The average Bonchev–Trinajstić information content (AvgIpc) is 2.59. The first-order valence-electron chi connectivity index (χ1n) is 7.26. The Balaban J connectivity index is 1.67. The van der Waals surface area contributed by atoms with Crippen LogP contribution in [0.15, 0.2) is 66.9 Å². The summed E-state index contributed by atoms with van der Waals surface area (Å²) in [6.45, 7) is 0.470. The molecule has 1 aromatic heterocycles.